The first-order valence-electron chi connectivity index (χ1n) is 5.57. The number of urea groups is 1. The molecular formula is C10H18N2O2. The van der Waals surface area contributed by atoms with Crippen LogP contribution in [0.4, 0.5) is 4.79 Å². The number of carbonyl (C=O) groups excluding carboxylic acids is 1. The van der Waals surface area contributed by atoms with Gasteiger partial charge in [0.2, 0.25) is 0 Å². The average Bonchev–Trinajstić information content (AvgIpc) is 2.30. The third-order valence-corrected chi connectivity index (χ3v) is 2.84. The van der Waals surface area contributed by atoms with Crippen molar-refractivity contribution in [2.75, 3.05) is 26.2 Å². The molecule has 0 aromatic heterocycles. The lowest BCUT2D eigenvalue weighted by Crippen LogP contribution is -2.47. The van der Waals surface area contributed by atoms with Crippen molar-refractivity contribution in [1.82, 2.24) is 9.96 Å². The standard InChI is InChI=1S/C10H18N2O2/c13-10(11-6-2-1-3-7-11)12-8-4-5-9-14-12/h1-9H2. The SMILES string of the molecule is O=C(N1CCCCC1)N1CCCCO1. The summed E-state index contributed by atoms with van der Waals surface area (Å²) in [4.78, 5) is 19.1. The van der Waals surface area contributed by atoms with Crippen LogP contribution >= 0.6 is 0 Å². The van der Waals surface area contributed by atoms with Crippen LogP contribution in [0.5, 0.6) is 0 Å². The zero-order valence-electron chi connectivity index (χ0n) is 8.57. The Balaban J connectivity index is 1.85. The van der Waals surface area contributed by atoms with Crippen molar-refractivity contribution in [2.45, 2.75) is 32.1 Å². The lowest BCUT2D eigenvalue weighted by molar-refractivity contribution is -0.147. The second kappa shape index (κ2) is 4.64. The summed E-state index contributed by atoms with van der Waals surface area (Å²) in [6.07, 6.45) is 5.67. The van der Waals surface area contributed by atoms with E-state index in [0.29, 0.717) is 6.61 Å². The number of likely N-dealkylation sites (tertiary alicyclic amines) is 1. The molecule has 0 aromatic rings. The summed E-state index contributed by atoms with van der Waals surface area (Å²) in [6, 6.07) is 0.0735. The van der Waals surface area contributed by atoms with Crippen LogP contribution in [0, 0.1) is 0 Å². The first-order chi connectivity index (χ1) is 6.88. The van der Waals surface area contributed by atoms with Gasteiger partial charge in [0, 0.05) is 13.1 Å². The van der Waals surface area contributed by atoms with Crippen LogP contribution in [0.2, 0.25) is 0 Å². The molecule has 4 nitrogen and oxygen atoms in total. The van der Waals surface area contributed by atoms with Gasteiger partial charge >= 0.3 is 6.03 Å². The van der Waals surface area contributed by atoms with E-state index in [9.17, 15) is 4.79 Å². The lowest BCUT2D eigenvalue weighted by Gasteiger charge is -2.33. The maximum absolute atomic E-state index is 11.9. The number of piperidine rings is 1. The Labute approximate surface area is 84.8 Å². The van der Waals surface area contributed by atoms with E-state index >= 15 is 0 Å². The van der Waals surface area contributed by atoms with Crippen molar-refractivity contribution in [3.63, 3.8) is 0 Å². The van der Waals surface area contributed by atoms with E-state index in [1.165, 1.54) is 11.5 Å². The summed E-state index contributed by atoms with van der Waals surface area (Å²) >= 11 is 0. The first-order valence-corrected chi connectivity index (χ1v) is 5.57. The minimum atomic E-state index is 0.0735. The summed E-state index contributed by atoms with van der Waals surface area (Å²) in [5.74, 6) is 0. The number of nitrogens with zero attached hydrogens (tertiary/aromatic N) is 2. The van der Waals surface area contributed by atoms with E-state index in [1.807, 2.05) is 4.90 Å². The van der Waals surface area contributed by atoms with Gasteiger partial charge < -0.3 is 4.90 Å². The summed E-state index contributed by atoms with van der Waals surface area (Å²) in [7, 11) is 0. The average molecular weight is 198 g/mol. The fourth-order valence-electron chi connectivity index (χ4n) is 1.99. The smallest absolute Gasteiger partial charge is 0.323 e. The molecule has 0 radical (unpaired) electrons. The van der Waals surface area contributed by atoms with Gasteiger partial charge in [0.1, 0.15) is 0 Å². The Hall–Kier alpha value is -0.770. The normalized spacial score (nSPS) is 23.7. The minimum Gasteiger partial charge on any atom is -0.323 e. The molecule has 2 aliphatic heterocycles. The van der Waals surface area contributed by atoms with E-state index in [2.05, 4.69) is 0 Å². The number of hydrogen-bond donors (Lipinski definition) is 0. The molecule has 0 atom stereocenters. The molecule has 0 aliphatic carbocycles. The molecule has 80 valence electrons. The second-order valence-corrected chi connectivity index (χ2v) is 3.97. The minimum absolute atomic E-state index is 0.0735. The molecule has 2 saturated heterocycles. The van der Waals surface area contributed by atoms with Crippen molar-refractivity contribution in [2.24, 2.45) is 0 Å². The van der Waals surface area contributed by atoms with E-state index in [4.69, 9.17) is 4.84 Å². The Morgan fingerprint density at radius 3 is 2.29 bits per heavy atom. The molecule has 0 N–H and O–H groups in total. The predicted molar refractivity (Wildman–Crippen MR) is 52.7 cm³/mol. The third-order valence-electron chi connectivity index (χ3n) is 2.84. The fourth-order valence-corrected chi connectivity index (χ4v) is 1.99. The highest BCUT2D eigenvalue weighted by molar-refractivity contribution is 5.73. The van der Waals surface area contributed by atoms with E-state index in [0.717, 1.165) is 45.3 Å². The molecular weight excluding hydrogens is 180 g/mol. The molecule has 14 heavy (non-hydrogen) atoms. The van der Waals surface area contributed by atoms with Gasteiger partial charge in [-0.25, -0.2) is 9.86 Å². The molecule has 0 aromatic carbocycles. The summed E-state index contributed by atoms with van der Waals surface area (Å²) in [6.45, 7) is 3.26. The molecule has 0 saturated carbocycles. The first kappa shape index (κ1) is 9.77. The van der Waals surface area contributed by atoms with Gasteiger partial charge in [-0.2, -0.15) is 0 Å². The zero-order chi connectivity index (χ0) is 9.80. The highest BCUT2D eigenvalue weighted by atomic mass is 16.7. The summed E-state index contributed by atoms with van der Waals surface area (Å²) in [5, 5.41) is 1.54. The Bertz CT molecular complexity index is 176. The number of rotatable bonds is 0. The van der Waals surface area contributed by atoms with Crippen LogP contribution in [0.25, 0.3) is 0 Å². The van der Waals surface area contributed by atoms with E-state index in [-0.39, 0.29) is 6.03 Å². The molecule has 4 heteroatoms. The third kappa shape index (κ3) is 2.18. The lowest BCUT2D eigenvalue weighted by atomic mass is 10.1. The van der Waals surface area contributed by atoms with Crippen molar-refractivity contribution in [1.29, 1.82) is 0 Å². The topological polar surface area (TPSA) is 32.8 Å². The van der Waals surface area contributed by atoms with Gasteiger partial charge in [-0.05, 0) is 32.1 Å². The maximum atomic E-state index is 11.9. The predicted octanol–water partition coefficient (Wildman–Crippen LogP) is 1.62. The Morgan fingerprint density at radius 2 is 1.64 bits per heavy atom. The number of amides is 2. The van der Waals surface area contributed by atoms with Crippen LogP contribution in [-0.4, -0.2) is 42.2 Å². The number of hydrogen-bond acceptors (Lipinski definition) is 2. The van der Waals surface area contributed by atoms with Gasteiger partial charge in [-0.1, -0.05) is 0 Å². The van der Waals surface area contributed by atoms with Gasteiger partial charge in [0.15, 0.2) is 0 Å². The van der Waals surface area contributed by atoms with Crippen molar-refractivity contribution >= 4 is 6.03 Å². The van der Waals surface area contributed by atoms with Crippen LogP contribution in [0.3, 0.4) is 0 Å². The molecule has 0 bridgehead atoms. The maximum Gasteiger partial charge on any atom is 0.343 e. The molecule has 2 rings (SSSR count). The number of hydroxylamine groups is 2. The molecule has 0 unspecified atom stereocenters. The Morgan fingerprint density at radius 1 is 0.929 bits per heavy atom. The summed E-state index contributed by atoms with van der Waals surface area (Å²) in [5.41, 5.74) is 0. The molecule has 2 amide bonds. The summed E-state index contributed by atoms with van der Waals surface area (Å²) < 4.78 is 0. The molecule has 2 fully saturated rings. The van der Waals surface area contributed by atoms with Crippen LogP contribution in [0.15, 0.2) is 0 Å². The fraction of sp³-hybridized carbons (Fsp3) is 0.900. The molecule has 0 spiro atoms. The van der Waals surface area contributed by atoms with Gasteiger partial charge in [-0.15, -0.1) is 0 Å². The number of carbonyl (C=O) groups is 1. The van der Waals surface area contributed by atoms with Crippen LogP contribution < -0.4 is 0 Å². The van der Waals surface area contributed by atoms with Gasteiger partial charge in [0.25, 0.3) is 0 Å². The highest BCUT2D eigenvalue weighted by Crippen LogP contribution is 2.14. The molecule has 2 aliphatic rings. The van der Waals surface area contributed by atoms with E-state index in [1.54, 1.807) is 0 Å². The molecule has 2 heterocycles. The van der Waals surface area contributed by atoms with Gasteiger partial charge in [0.05, 0.1) is 13.2 Å². The van der Waals surface area contributed by atoms with Crippen molar-refractivity contribution in [3.05, 3.63) is 0 Å². The van der Waals surface area contributed by atoms with Crippen LogP contribution in [-0.2, 0) is 4.84 Å². The quantitative estimate of drug-likeness (QED) is 0.592. The van der Waals surface area contributed by atoms with Crippen LogP contribution in [0.1, 0.15) is 32.1 Å². The highest BCUT2D eigenvalue weighted by Gasteiger charge is 2.24. The van der Waals surface area contributed by atoms with Crippen molar-refractivity contribution in [3.8, 4) is 0 Å². The van der Waals surface area contributed by atoms with Crippen molar-refractivity contribution < 1.29 is 9.63 Å². The second-order valence-electron chi connectivity index (χ2n) is 3.97. The zero-order valence-corrected chi connectivity index (χ0v) is 8.57. The van der Waals surface area contributed by atoms with E-state index < -0.39 is 0 Å². The van der Waals surface area contributed by atoms with Gasteiger partial charge in [-0.3, -0.25) is 4.84 Å². The Kier molecular flexibility index (Phi) is 3.24. The largest absolute Gasteiger partial charge is 0.343 e. The monoisotopic (exact) mass is 198 g/mol.